The zero-order valence-electron chi connectivity index (χ0n) is 15.4. The van der Waals surface area contributed by atoms with Crippen molar-refractivity contribution in [3.05, 3.63) is 78.1 Å². The van der Waals surface area contributed by atoms with E-state index in [4.69, 9.17) is 10.00 Å². The molecule has 3 rings (SSSR count). The third kappa shape index (κ3) is 5.53. The number of carbonyl (C=O) groups excluding carboxylic acids is 2. The number of benzene rings is 2. The summed E-state index contributed by atoms with van der Waals surface area (Å²) < 4.78 is 19.9. The SMILES string of the molecule is N#Cc1ccc(NC(=O)C(F)C(=O)Nc2ccc(OC3=CCCC=C3)cc2)cc1. The molecule has 0 saturated carbocycles. The summed E-state index contributed by atoms with van der Waals surface area (Å²) in [5.74, 6) is -0.849. The first-order valence-corrected chi connectivity index (χ1v) is 8.96. The Labute approximate surface area is 167 Å². The standard InChI is InChI=1S/C22H18FN3O3/c23-20(21(27)25-16-8-6-15(14-24)7-9-16)22(28)26-17-10-12-19(13-11-17)29-18-4-2-1-3-5-18/h2,4-13,20H,1,3H2,(H,25,27)(H,26,28). The summed E-state index contributed by atoms with van der Waals surface area (Å²) >= 11 is 0. The van der Waals surface area contributed by atoms with E-state index in [0.717, 1.165) is 18.6 Å². The van der Waals surface area contributed by atoms with Crippen molar-refractivity contribution >= 4 is 23.2 Å². The van der Waals surface area contributed by atoms with E-state index in [9.17, 15) is 14.0 Å². The Kier molecular flexibility index (Phi) is 6.38. The van der Waals surface area contributed by atoms with Gasteiger partial charge in [-0.1, -0.05) is 6.08 Å². The quantitative estimate of drug-likeness (QED) is 0.726. The van der Waals surface area contributed by atoms with Crippen LogP contribution >= 0.6 is 0 Å². The van der Waals surface area contributed by atoms with Crippen molar-refractivity contribution < 1.29 is 18.7 Å². The minimum absolute atomic E-state index is 0.289. The highest BCUT2D eigenvalue weighted by Crippen LogP contribution is 2.20. The van der Waals surface area contributed by atoms with E-state index < -0.39 is 18.0 Å². The number of nitrogens with zero attached hydrogens (tertiary/aromatic N) is 1. The molecule has 0 spiro atoms. The van der Waals surface area contributed by atoms with Gasteiger partial charge in [0, 0.05) is 11.4 Å². The Morgan fingerprint density at radius 3 is 2.07 bits per heavy atom. The monoisotopic (exact) mass is 391 g/mol. The van der Waals surface area contributed by atoms with Gasteiger partial charge in [0.2, 0.25) is 0 Å². The maximum Gasteiger partial charge on any atom is 0.268 e. The number of alkyl halides is 1. The number of amides is 2. The molecule has 0 aromatic heterocycles. The highest BCUT2D eigenvalue weighted by atomic mass is 19.1. The lowest BCUT2D eigenvalue weighted by atomic mass is 10.2. The lowest BCUT2D eigenvalue weighted by Crippen LogP contribution is -2.35. The fourth-order valence-electron chi connectivity index (χ4n) is 2.57. The van der Waals surface area contributed by atoms with E-state index in [-0.39, 0.29) is 5.69 Å². The molecule has 0 heterocycles. The van der Waals surface area contributed by atoms with Crippen molar-refractivity contribution in [3.8, 4) is 11.8 Å². The van der Waals surface area contributed by atoms with Crippen molar-refractivity contribution in [1.29, 1.82) is 5.26 Å². The molecule has 0 bridgehead atoms. The number of halogens is 1. The minimum atomic E-state index is -2.39. The minimum Gasteiger partial charge on any atom is -0.458 e. The van der Waals surface area contributed by atoms with Crippen molar-refractivity contribution in [2.24, 2.45) is 0 Å². The topological polar surface area (TPSA) is 91.2 Å². The van der Waals surface area contributed by atoms with E-state index in [2.05, 4.69) is 10.6 Å². The first kappa shape index (κ1) is 19.8. The number of ether oxygens (including phenoxy) is 1. The molecular weight excluding hydrogens is 373 g/mol. The summed E-state index contributed by atoms with van der Waals surface area (Å²) in [5, 5.41) is 13.4. The van der Waals surface area contributed by atoms with Crippen LogP contribution in [0.4, 0.5) is 15.8 Å². The third-order valence-corrected chi connectivity index (χ3v) is 4.06. The molecule has 1 atom stereocenters. The van der Waals surface area contributed by atoms with Crippen molar-refractivity contribution in [2.75, 3.05) is 10.6 Å². The van der Waals surface area contributed by atoms with Gasteiger partial charge >= 0.3 is 0 Å². The number of hydrogen-bond donors (Lipinski definition) is 2. The Morgan fingerprint density at radius 2 is 1.55 bits per heavy atom. The van der Waals surface area contributed by atoms with Gasteiger partial charge in [-0.05, 0) is 73.5 Å². The van der Waals surface area contributed by atoms with Crippen LogP contribution in [-0.4, -0.2) is 18.0 Å². The van der Waals surface area contributed by atoms with Crippen LogP contribution in [0.5, 0.6) is 5.75 Å². The lowest BCUT2D eigenvalue weighted by molar-refractivity contribution is -0.130. The molecule has 2 aromatic rings. The molecule has 2 amide bonds. The largest absolute Gasteiger partial charge is 0.458 e. The van der Waals surface area contributed by atoms with Crippen LogP contribution in [0, 0.1) is 11.3 Å². The van der Waals surface area contributed by atoms with E-state index in [1.807, 2.05) is 24.3 Å². The Bertz CT molecular complexity index is 989. The summed E-state index contributed by atoms with van der Waals surface area (Å²) in [5.41, 5.74) is 1.03. The highest BCUT2D eigenvalue weighted by molar-refractivity contribution is 6.13. The molecule has 1 aliphatic carbocycles. The number of carbonyl (C=O) groups is 2. The van der Waals surface area contributed by atoms with Crippen LogP contribution in [0.15, 0.2) is 72.5 Å². The zero-order chi connectivity index (χ0) is 20.6. The van der Waals surface area contributed by atoms with Crippen LogP contribution < -0.4 is 15.4 Å². The molecule has 0 saturated heterocycles. The van der Waals surface area contributed by atoms with Gasteiger partial charge in [-0.2, -0.15) is 5.26 Å². The van der Waals surface area contributed by atoms with Gasteiger partial charge in [0.05, 0.1) is 11.6 Å². The van der Waals surface area contributed by atoms with Crippen LogP contribution in [0.2, 0.25) is 0 Å². The van der Waals surface area contributed by atoms with Crippen LogP contribution in [0.1, 0.15) is 18.4 Å². The summed E-state index contributed by atoms with van der Waals surface area (Å²) in [4.78, 5) is 23.9. The summed E-state index contributed by atoms with van der Waals surface area (Å²) in [6.45, 7) is 0. The third-order valence-electron chi connectivity index (χ3n) is 4.06. The fraction of sp³-hybridized carbons (Fsp3) is 0.136. The smallest absolute Gasteiger partial charge is 0.268 e. The van der Waals surface area contributed by atoms with Gasteiger partial charge in [0.25, 0.3) is 18.0 Å². The molecule has 2 aromatic carbocycles. The summed E-state index contributed by atoms with van der Waals surface area (Å²) in [6, 6.07) is 14.2. The summed E-state index contributed by atoms with van der Waals surface area (Å²) in [7, 11) is 0. The maximum atomic E-state index is 14.2. The van der Waals surface area contributed by atoms with E-state index in [1.54, 1.807) is 24.3 Å². The van der Waals surface area contributed by atoms with Crippen LogP contribution in [-0.2, 0) is 9.59 Å². The molecule has 0 fully saturated rings. The number of nitriles is 1. The molecule has 29 heavy (non-hydrogen) atoms. The summed E-state index contributed by atoms with van der Waals surface area (Å²) in [6.07, 6.45) is 5.41. The molecule has 2 N–H and O–H groups in total. The molecule has 7 heteroatoms. The second-order valence-corrected chi connectivity index (χ2v) is 6.24. The number of nitrogens with one attached hydrogen (secondary N) is 2. The van der Waals surface area contributed by atoms with Gasteiger partial charge in [-0.3, -0.25) is 9.59 Å². The van der Waals surface area contributed by atoms with E-state index in [0.29, 0.717) is 17.0 Å². The average molecular weight is 391 g/mol. The average Bonchev–Trinajstić information content (AvgIpc) is 2.75. The Hall–Kier alpha value is -3.92. The molecule has 6 nitrogen and oxygen atoms in total. The van der Waals surface area contributed by atoms with E-state index >= 15 is 0 Å². The Morgan fingerprint density at radius 1 is 0.966 bits per heavy atom. The number of allylic oxidation sites excluding steroid dienone is 3. The number of rotatable bonds is 6. The Balaban J connectivity index is 1.54. The lowest BCUT2D eigenvalue weighted by Gasteiger charge is -2.12. The van der Waals surface area contributed by atoms with Gasteiger partial charge in [-0.25, -0.2) is 4.39 Å². The predicted molar refractivity (Wildman–Crippen MR) is 107 cm³/mol. The van der Waals surface area contributed by atoms with Crippen LogP contribution in [0.25, 0.3) is 0 Å². The van der Waals surface area contributed by atoms with Gasteiger partial charge < -0.3 is 15.4 Å². The molecular formula is C22H18FN3O3. The fourth-order valence-corrected chi connectivity index (χ4v) is 2.57. The normalized spacial score (nSPS) is 13.6. The molecule has 0 radical (unpaired) electrons. The first-order valence-electron chi connectivity index (χ1n) is 8.96. The molecule has 1 unspecified atom stereocenters. The van der Waals surface area contributed by atoms with Gasteiger partial charge in [-0.15, -0.1) is 0 Å². The number of hydrogen-bond acceptors (Lipinski definition) is 4. The highest BCUT2D eigenvalue weighted by Gasteiger charge is 2.26. The van der Waals surface area contributed by atoms with Gasteiger partial charge in [0.1, 0.15) is 11.5 Å². The van der Waals surface area contributed by atoms with Crippen molar-refractivity contribution in [3.63, 3.8) is 0 Å². The van der Waals surface area contributed by atoms with Gasteiger partial charge in [0.15, 0.2) is 0 Å². The van der Waals surface area contributed by atoms with Crippen LogP contribution in [0.3, 0.4) is 0 Å². The van der Waals surface area contributed by atoms with Crippen molar-refractivity contribution in [2.45, 2.75) is 19.0 Å². The molecule has 146 valence electrons. The second kappa shape index (κ2) is 9.33. The number of anilines is 2. The first-order chi connectivity index (χ1) is 14.0. The predicted octanol–water partition coefficient (Wildman–Crippen LogP) is 4.09. The molecule has 1 aliphatic rings. The second-order valence-electron chi connectivity index (χ2n) is 6.24. The van der Waals surface area contributed by atoms with E-state index in [1.165, 1.54) is 24.3 Å². The molecule has 0 aliphatic heterocycles. The maximum absolute atomic E-state index is 14.2. The van der Waals surface area contributed by atoms with Crippen molar-refractivity contribution in [1.82, 2.24) is 0 Å². The zero-order valence-corrected chi connectivity index (χ0v) is 15.4.